The van der Waals surface area contributed by atoms with Crippen LogP contribution in [-0.4, -0.2) is 41.1 Å². The Kier molecular flexibility index (Phi) is 6.74. The number of nitrogens with zero attached hydrogens (tertiary/aromatic N) is 3. The molecule has 4 rings (SSSR count). The van der Waals surface area contributed by atoms with Gasteiger partial charge in [0.1, 0.15) is 16.8 Å². The number of fused-ring (bicyclic) bond motifs is 1. The number of carbonyl (C=O) groups is 2. The highest BCUT2D eigenvalue weighted by molar-refractivity contribution is 7.15. The Morgan fingerprint density at radius 2 is 2.09 bits per heavy atom. The van der Waals surface area contributed by atoms with E-state index >= 15 is 0 Å². The highest BCUT2D eigenvalue weighted by Crippen LogP contribution is 2.40. The number of hydrogen-bond donors (Lipinski definition) is 0. The Labute approximate surface area is 197 Å². The molecular weight excluding hydrogens is 438 g/mol. The van der Waals surface area contributed by atoms with E-state index in [4.69, 9.17) is 14.5 Å². The Bertz CT molecular complexity index is 1160. The average Bonchev–Trinajstić information content (AvgIpc) is 3.21. The van der Waals surface area contributed by atoms with E-state index in [1.165, 1.54) is 4.90 Å². The lowest BCUT2D eigenvalue weighted by molar-refractivity contribution is -0.147. The van der Waals surface area contributed by atoms with Crippen molar-refractivity contribution >= 4 is 28.9 Å². The number of aromatic nitrogens is 2. The van der Waals surface area contributed by atoms with Crippen molar-refractivity contribution in [3.05, 3.63) is 47.5 Å². The van der Waals surface area contributed by atoms with Crippen LogP contribution in [0.4, 0.5) is 5.69 Å². The van der Waals surface area contributed by atoms with E-state index in [9.17, 15) is 9.59 Å². The van der Waals surface area contributed by atoms with E-state index in [1.54, 1.807) is 17.5 Å². The van der Waals surface area contributed by atoms with Gasteiger partial charge in [0.25, 0.3) is 5.91 Å². The third-order valence-corrected chi connectivity index (χ3v) is 6.32. The van der Waals surface area contributed by atoms with Gasteiger partial charge in [0.05, 0.1) is 23.7 Å². The number of benzene rings is 1. The second kappa shape index (κ2) is 9.70. The third-order valence-electron chi connectivity index (χ3n) is 5.32. The van der Waals surface area contributed by atoms with E-state index in [0.29, 0.717) is 24.5 Å². The summed E-state index contributed by atoms with van der Waals surface area (Å²) < 4.78 is 11.1. The van der Waals surface area contributed by atoms with Crippen LogP contribution >= 0.6 is 11.3 Å². The lowest BCUT2D eigenvalue weighted by Crippen LogP contribution is -2.50. The van der Waals surface area contributed by atoms with Gasteiger partial charge in [-0.3, -0.25) is 14.7 Å². The standard InChI is InChI=1S/C25H27N3O4S/c1-5-19(25(30)32-13-15(2)3)28-20-12-17(9-10-21(20)31-14-22(28)29)23-16(4)33-24(27-23)18-8-6-7-11-26-18/h6-12,15,19H,5,13-14H2,1-4H3. The zero-order chi connectivity index (χ0) is 23.5. The quantitative estimate of drug-likeness (QED) is 0.463. The van der Waals surface area contributed by atoms with Crippen LogP contribution in [0.15, 0.2) is 42.6 Å². The van der Waals surface area contributed by atoms with Crippen LogP contribution in [0.5, 0.6) is 5.75 Å². The molecule has 0 aliphatic carbocycles. The summed E-state index contributed by atoms with van der Waals surface area (Å²) in [4.78, 5) is 37.5. The first-order chi connectivity index (χ1) is 15.9. The summed E-state index contributed by atoms with van der Waals surface area (Å²) in [6.07, 6.45) is 2.18. The molecule has 0 saturated heterocycles. The van der Waals surface area contributed by atoms with Crippen molar-refractivity contribution in [2.24, 2.45) is 5.92 Å². The smallest absolute Gasteiger partial charge is 0.329 e. The normalized spacial score (nSPS) is 14.1. The summed E-state index contributed by atoms with van der Waals surface area (Å²) in [5, 5.41) is 0.828. The van der Waals surface area contributed by atoms with Crippen LogP contribution in [0.3, 0.4) is 0 Å². The summed E-state index contributed by atoms with van der Waals surface area (Å²) in [5.74, 6) is 0.107. The van der Waals surface area contributed by atoms with Gasteiger partial charge in [-0.1, -0.05) is 26.8 Å². The molecule has 172 valence electrons. The van der Waals surface area contributed by atoms with Crippen LogP contribution in [0, 0.1) is 12.8 Å². The zero-order valence-electron chi connectivity index (χ0n) is 19.2. The molecular formula is C25H27N3O4S. The molecule has 0 radical (unpaired) electrons. The Balaban J connectivity index is 1.71. The number of ether oxygens (including phenoxy) is 2. The minimum absolute atomic E-state index is 0.111. The molecule has 2 aromatic heterocycles. The van der Waals surface area contributed by atoms with Crippen LogP contribution in [0.2, 0.25) is 0 Å². The molecule has 0 N–H and O–H groups in total. The molecule has 0 bridgehead atoms. The van der Waals surface area contributed by atoms with Crippen LogP contribution < -0.4 is 9.64 Å². The maximum atomic E-state index is 12.9. The van der Waals surface area contributed by atoms with Gasteiger partial charge in [-0.2, -0.15) is 0 Å². The molecule has 1 aliphatic rings. The van der Waals surface area contributed by atoms with Crippen LogP contribution in [0.1, 0.15) is 32.1 Å². The lowest BCUT2D eigenvalue weighted by Gasteiger charge is -2.34. The molecule has 1 unspecified atom stereocenters. The minimum Gasteiger partial charge on any atom is -0.482 e. The highest BCUT2D eigenvalue weighted by atomic mass is 32.1. The first-order valence-corrected chi connectivity index (χ1v) is 11.9. The van der Waals surface area contributed by atoms with Gasteiger partial charge in [0.2, 0.25) is 0 Å². The van der Waals surface area contributed by atoms with Crippen LogP contribution in [0.25, 0.3) is 22.0 Å². The number of amides is 1. The molecule has 1 aromatic carbocycles. The maximum absolute atomic E-state index is 12.9. The summed E-state index contributed by atoms with van der Waals surface area (Å²) in [6.45, 7) is 8.04. The van der Waals surface area contributed by atoms with Gasteiger partial charge in [-0.05, 0) is 49.6 Å². The second-order valence-corrected chi connectivity index (χ2v) is 9.52. The molecule has 0 spiro atoms. The van der Waals surface area contributed by atoms with Gasteiger partial charge in [0.15, 0.2) is 6.61 Å². The van der Waals surface area contributed by atoms with Crippen molar-refractivity contribution in [3.8, 4) is 27.7 Å². The number of esters is 1. The molecule has 3 heterocycles. The van der Waals surface area contributed by atoms with E-state index < -0.39 is 12.0 Å². The van der Waals surface area contributed by atoms with Gasteiger partial charge in [-0.25, -0.2) is 9.78 Å². The molecule has 8 heteroatoms. The highest BCUT2D eigenvalue weighted by Gasteiger charge is 2.36. The number of hydrogen-bond acceptors (Lipinski definition) is 7. The minimum atomic E-state index is -0.713. The zero-order valence-corrected chi connectivity index (χ0v) is 20.0. The topological polar surface area (TPSA) is 81.6 Å². The predicted molar refractivity (Wildman–Crippen MR) is 128 cm³/mol. The first kappa shape index (κ1) is 22.9. The fraction of sp³-hybridized carbons (Fsp3) is 0.360. The van der Waals surface area contributed by atoms with Crippen LogP contribution in [-0.2, 0) is 14.3 Å². The first-order valence-electron chi connectivity index (χ1n) is 11.0. The Morgan fingerprint density at radius 1 is 1.27 bits per heavy atom. The Morgan fingerprint density at radius 3 is 2.79 bits per heavy atom. The second-order valence-electron chi connectivity index (χ2n) is 8.32. The van der Waals surface area contributed by atoms with Crippen molar-refractivity contribution in [3.63, 3.8) is 0 Å². The summed E-state index contributed by atoms with van der Waals surface area (Å²) in [5.41, 5.74) is 3.04. The molecule has 3 aromatic rings. The average molecular weight is 466 g/mol. The summed E-state index contributed by atoms with van der Waals surface area (Å²) in [6, 6.07) is 10.6. The maximum Gasteiger partial charge on any atom is 0.329 e. The van der Waals surface area contributed by atoms with Crippen molar-refractivity contribution in [2.75, 3.05) is 18.1 Å². The molecule has 1 atom stereocenters. The molecule has 0 saturated carbocycles. The molecule has 1 amide bonds. The predicted octanol–water partition coefficient (Wildman–Crippen LogP) is 4.88. The largest absolute Gasteiger partial charge is 0.482 e. The van der Waals surface area contributed by atoms with E-state index in [2.05, 4.69) is 4.98 Å². The SMILES string of the molecule is CCC(C(=O)OCC(C)C)N1C(=O)COc2ccc(-c3nc(-c4ccccn4)sc3C)cc21. The number of rotatable bonds is 7. The van der Waals surface area contributed by atoms with Crippen molar-refractivity contribution in [1.82, 2.24) is 9.97 Å². The summed E-state index contributed by atoms with van der Waals surface area (Å²) >= 11 is 1.57. The monoisotopic (exact) mass is 465 g/mol. The summed E-state index contributed by atoms with van der Waals surface area (Å²) in [7, 11) is 0. The van der Waals surface area contributed by atoms with Crippen molar-refractivity contribution < 1.29 is 19.1 Å². The molecule has 7 nitrogen and oxygen atoms in total. The van der Waals surface area contributed by atoms with E-state index in [0.717, 1.165) is 26.8 Å². The number of thiazole rings is 1. The number of aryl methyl sites for hydroxylation is 1. The van der Waals surface area contributed by atoms with Crippen molar-refractivity contribution in [1.29, 1.82) is 0 Å². The third kappa shape index (κ3) is 4.75. The fourth-order valence-electron chi connectivity index (χ4n) is 3.72. The lowest BCUT2D eigenvalue weighted by atomic mass is 10.1. The number of anilines is 1. The van der Waals surface area contributed by atoms with Gasteiger partial charge in [-0.15, -0.1) is 11.3 Å². The molecule has 0 fully saturated rings. The number of pyridine rings is 1. The molecule has 33 heavy (non-hydrogen) atoms. The fourth-order valence-corrected chi connectivity index (χ4v) is 4.64. The van der Waals surface area contributed by atoms with E-state index in [1.807, 2.05) is 64.1 Å². The Hall–Kier alpha value is -3.26. The number of carbonyl (C=O) groups excluding carboxylic acids is 2. The van der Waals surface area contributed by atoms with Gasteiger partial charge < -0.3 is 9.47 Å². The van der Waals surface area contributed by atoms with Gasteiger partial charge >= 0.3 is 5.97 Å². The van der Waals surface area contributed by atoms with Crippen molar-refractivity contribution in [2.45, 2.75) is 40.2 Å². The van der Waals surface area contributed by atoms with Gasteiger partial charge in [0, 0.05) is 16.6 Å². The molecule has 1 aliphatic heterocycles. The van der Waals surface area contributed by atoms with E-state index in [-0.39, 0.29) is 18.4 Å².